The number of pyridine rings is 2. The molecule has 0 saturated carbocycles. The quantitative estimate of drug-likeness (QED) is 0.396. The third-order valence-corrected chi connectivity index (χ3v) is 4.72. The van der Waals surface area contributed by atoms with Crippen molar-refractivity contribution in [1.29, 1.82) is 0 Å². The second-order valence-electron chi connectivity index (χ2n) is 6.85. The molecule has 0 atom stereocenters. The summed E-state index contributed by atoms with van der Waals surface area (Å²) < 4.78 is 5.18. The van der Waals surface area contributed by atoms with Crippen molar-refractivity contribution in [3.05, 3.63) is 72.8 Å². The number of aromatic amines is 1. The molecule has 1 aromatic carbocycles. The molecule has 4 heterocycles. The van der Waals surface area contributed by atoms with Gasteiger partial charge in [-0.15, -0.1) is 0 Å². The highest BCUT2D eigenvalue weighted by Crippen LogP contribution is 2.24. The maximum absolute atomic E-state index is 12.3. The summed E-state index contributed by atoms with van der Waals surface area (Å²) in [6.07, 6.45) is 5.08. The van der Waals surface area contributed by atoms with E-state index in [-0.39, 0.29) is 5.88 Å². The van der Waals surface area contributed by atoms with Gasteiger partial charge < -0.3 is 14.8 Å². The SMILES string of the molecule is Cc1nccc2[nH]c(-c3ccc(NC(=O)Nc4cc(-c5ccncc5)no4)cc3)nc12. The number of imidazole rings is 1. The molecule has 0 fully saturated rings. The number of rotatable bonds is 4. The number of anilines is 2. The van der Waals surface area contributed by atoms with E-state index in [2.05, 4.69) is 35.7 Å². The summed E-state index contributed by atoms with van der Waals surface area (Å²) in [5.41, 5.74) is 5.63. The van der Waals surface area contributed by atoms with Crippen LogP contribution in [0.15, 0.2) is 71.6 Å². The maximum Gasteiger partial charge on any atom is 0.326 e. The number of amides is 2. The van der Waals surface area contributed by atoms with Crippen molar-refractivity contribution < 1.29 is 9.32 Å². The molecule has 0 aliphatic heterocycles. The molecule has 3 N–H and O–H groups in total. The molecular formula is C22H17N7O2. The Morgan fingerprint density at radius 3 is 2.55 bits per heavy atom. The molecule has 0 aliphatic carbocycles. The highest BCUT2D eigenvalue weighted by atomic mass is 16.5. The van der Waals surface area contributed by atoms with Gasteiger partial charge in [0.05, 0.1) is 11.2 Å². The van der Waals surface area contributed by atoms with Crippen LogP contribution in [0.3, 0.4) is 0 Å². The number of carbonyl (C=O) groups is 1. The summed E-state index contributed by atoms with van der Waals surface area (Å²) in [5, 5.41) is 9.35. The number of aryl methyl sites for hydroxylation is 1. The lowest BCUT2D eigenvalue weighted by molar-refractivity contribution is 0.261. The van der Waals surface area contributed by atoms with Gasteiger partial charge in [0.1, 0.15) is 17.0 Å². The monoisotopic (exact) mass is 411 g/mol. The van der Waals surface area contributed by atoms with E-state index in [9.17, 15) is 4.79 Å². The Morgan fingerprint density at radius 1 is 0.968 bits per heavy atom. The zero-order valence-electron chi connectivity index (χ0n) is 16.5. The number of benzene rings is 1. The number of nitrogens with one attached hydrogen (secondary N) is 3. The van der Waals surface area contributed by atoms with Gasteiger partial charge in [-0.3, -0.25) is 15.3 Å². The number of fused-ring (bicyclic) bond motifs is 1. The molecule has 0 unspecified atom stereocenters. The number of H-pyrrole nitrogens is 1. The lowest BCUT2D eigenvalue weighted by Gasteiger charge is -2.05. The molecule has 152 valence electrons. The van der Waals surface area contributed by atoms with Crippen LogP contribution in [0, 0.1) is 6.92 Å². The number of hydrogen-bond acceptors (Lipinski definition) is 6. The second kappa shape index (κ2) is 7.71. The Kier molecular flexibility index (Phi) is 4.60. The summed E-state index contributed by atoms with van der Waals surface area (Å²) in [5.74, 6) is 0.986. The average molecular weight is 411 g/mol. The first kappa shape index (κ1) is 18.5. The fourth-order valence-corrected chi connectivity index (χ4v) is 3.18. The highest BCUT2D eigenvalue weighted by Gasteiger charge is 2.11. The summed E-state index contributed by atoms with van der Waals surface area (Å²) in [4.78, 5) is 28.4. The van der Waals surface area contributed by atoms with Gasteiger partial charge in [0.2, 0.25) is 5.88 Å². The topological polar surface area (TPSA) is 122 Å². The predicted octanol–water partition coefficient (Wildman–Crippen LogP) is 4.63. The van der Waals surface area contributed by atoms with E-state index in [0.29, 0.717) is 11.4 Å². The summed E-state index contributed by atoms with van der Waals surface area (Å²) in [6.45, 7) is 1.92. The number of aromatic nitrogens is 5. The lowest BCUT2D eigenvalue weighted by Crippen LogP contribution is -2.18. The zero-order valence-corrected chi connectivity index (χ0v) is 16.5. The third kappa shape index (κ3) is 3.84. The molecule has 0 bridgehead atoms. The molecule has 0 spiro atoms. The first-order valence-corrected chi connectivity index (χ1v) is 9.52. The summed E-state index contributed by atoms with van der Waals surface area (Å²) in [6, 6.07) is 14.1. The zero-order chi connectivity index (χ0) is 21.2. The number of carbonyl (C=O) groups excluding carboxylic acids is 1. The molecule has 31 heavy (non-hydrogen) atoms. The second-order valence-corrected chi connectivity index (χ2v) is 6.85. The van der Waals surface area contributed by atoms with E-state index in [4.69, 9.17) is 4.52 Å². The van der Waals surface area contributed by atoms with Gasteiger partial charge in [0.15, 0.2) is 0 Å². The van der Waals surface area contributed by atoms with Crippen molar-refractivity contribution in [3.63, 3.8) is 0 Å². The molecule has 4 aromatic heterocycles. The third-order valence-electron chi connectivity index (χ3n) is 4.72. The minimum atomic E-state index is -0.435. The summed E-state index contributed by atoms with van der Waals surface area (Å²) in [7, 11) is 0. The molecule has 0 aliphatic rings. The van der Waals surface area contributed by atoms with Gasteiger partial charge in [-0.05, 0) is 49.4 Å². The average Bonchev–Trinajstić information content (AvgIpc) is 3.43. The van der Waals surface area contributed by atoms with Gasteiger partial charge in [0.25, 0.3) is 0 Å². The van der Waals surface area contributed by atoms with E-state index in [1.54, 1.807) is 36.8 Å². The Bertz CT molecular complexity index is 1360. The van der Waals surface area contributed by atoms with Gasteiger partial charge in [-0.2, -0.15) is 0 Å². The number of hydrogen-bond donors (Lipinski definition) is 3. The van der Waals surface area contributed by atoms with Crippen LogP contribution in [0.1, 0.15) is 5.69 Å². The lowest BCUT2D eigenvalue weighted by atomic mass is 10.2. The minimum Gasteiger partial charge on any atom is -0.338 e. The molecule has 2 amide bonds. The largest absolute Gasteiger partial charge is 0.338 e. The molecule has 9 heteroatoms. The van der Waals surface area contributed by atoms with Crippen molar-refractivity contribution in [3.8, 4) is 22.6 Å². The van der Waals surface area contributed by atoms with E-state index in [1.165, 1.54) is 0 Å². The van der Waals surface area contributed by atoms with Gasteiger partial charge >= 0.3 is 6.03 Å². The van der Waals surface area contributed by atoms with Crippen LogP contribution in [-0.4, -0.2) is 31.1 Å². The van der Waals surface area contributed by atoms with E-state index >= 15 is 0 Å². The van der Waals surface area contributed by atoms with E-state index in [0.717, 1.165) is 33.7 Å². The maximum atomic E-state index is 12.3. The minimum absolute atomic E-state index is 0.243. The van der Waals surface area contributed by atoms with Crippen molar-refractivity contribution in [2.45, 2.75) is 6.92 Å². The van der Waals surface area contributed by atoms with Crippen LogP contribution in [0.25, 0.3) is 33.7 Å². The van der Waals surface area contributed by atoms with Gasteiger partial charge in [-0.25, -0.2) is 9.78 Å². The van der Waals surface area contributed by atoms with Crippen LogP contribution in [0.5, 0.6) is 0 Å². The van der Waals surface area contributed by atoms with Crippen molar-refractivity contribution in [2.24, 2.45) is 0 Å². The Labute approximate surface area is 176 Å². The molecule has 9 nitrogen and oxygen atoms in total. The Hall–Kier alpha value is -4.53. The molecule has 0 radical (unpaired) electrons. The van der Waals surface area contributed by atoms with E-state index in [1.807, 2.05) is 37.3 Å². The number of urea groups is 1. The molecular weight excluding hydrogens is 394 g/mol. The predicted molar refractivity (Wildman–Crippen MR) is 116 cm³/mol. The van der Waals surface area contributed by atoms with E-state index < -0.39 is 6.03 Å². The van der Waals surface area contributed by atoms with Crippen LogP contribution in [0.4, 0.5) is 16.4 Å². The van der Waals surface area contributed by atoms with Crippen LogP contribution < -0.4 is 10.6 Å². The smallest absolute Gasteiger partial charge is 0.326 e. The van der Waals surface area contributed by atoms with Gasteiger partial charge in [0, 0.05) is 41.5 Å². The molecule has 5 rings (SSSR count). The summed E-state index contributed by atoms with van der Waals surface area (Å²) >= 11 is 0. The van der Waals surface area contributed by atoms with Gasteiger partial charge in [-0.1, -0.05) is 5.16 Å². The fraction of sp³-hybridized carbons (Fsp3) is 0.0455. The van der Waals surface area contributed by atoms with Crippen LogP contribution >= 0.6 is 0 Å². The number of nitrogens with zero attached hydrogens (tertiary/aromatic N) is 4. The Morgan fingerprint density at radius 2 is 1.77 bits per heavy atom. The highest BCUT2D eigenvalue weighted by molar-refractivity contribution is 5.99. The van der Waals surface area contributed by atoms with Crippen LogP contribution in [0.2, 0.25) is 0 Å². The molecule has 0 saturated heterocycles. The van der Waals surface area contributed by atoms with Crippen molar-refractivity contribution in [2.75, 3.05) is 10.6 Å². The fourth-order valence-electron chi connectivity index (χ4n) is 3.18. The van der Waals surface area contributed by atoms with Crippen molar-refractivity contribution >= 4 is 28.6 Å². The normalized spacial score (nSPS) is 10.9. The van der Waals surface area contributed by atoms with Crippen LogP contribution in [-0.2, 0) is 0 Å². The van der Waals surface area contributed by atoms with Crippen molar-refractivity contribution in [1.82, 2.24) is 25.1 Å². The standard InChI is InChI=1S/C22H17N7O2/c1-13-20-17(8-11-24-13)26-21(28-20)15-2-4-16(5-3-15)25-22(30)27-19-12-18(29-31-19)14-6-9-23-10-7-14/h2-12H,1H3,(H,26,28)(H2,25,27,30). The molecule has 5 aromatic rings. The first-order valence-electron chi connectivity index (χ1n) is 9.52. The first-order chi connectivity index (χ1) is 15.2. The Balaban J connectivity index is 1.26.